The molecule has 0 radical (unpaired) electrons. The highest BCUT2D eigenvalue weighted by Gasteiger charge is 2.14. The van der Waals surface area contributed by atoms with Crippen LogP contribution in [-0.2, 0) is 14.3 Å². The summed E-state index contributed by atoms with van der Waals surface area (Å²) in [6, 6.07) is 0. The fourth-order valence-corrected chi connectivity index (χ4v) is 0.766. The van der Waals surface area contributed by atoms with Crippen LogP contribution >= 0.6 is 0 Å². The number of hydrogen-bond donors (Lipinski definition) is 1. The van der Waals surface area contributed by atoms with E-state index in [1.165, 1.54) is 7.11 Å². The van der Waals surface area contributed by atoms with Crippen LogP contribution in [0.4, 0.5) is 0 Å². The van der Waals surface area contributed by atoms with E-state index in [2.05, 4.69) is 10.1 Å². The lowest BCUT2D eigenvalue weighted by atomic mass is 9.95. The summed E-state index contributed by atoms with van der Waals surface area (Å²) in [7, 11) is 1.27. The van der Waals surface area contributed by atoms with E-state index in [-0.39, 0.29) is 11.1 Å². The minimum atomic E-state index is -0.540. The van der Waals surface area contributed by atoms with Gasteiger partial charge in [-0.15, -0.1) is 0 Å². The van der Waals surface area contributed by atoms with E-state index in [0.717, 1.165) is 0 Å². The van der Waals surface area contributed by atoms with E-state index in [9.17, 15) is 9.59 Å². The summed E-state index contributed by atoms with van der Waals surface area (Å²) in [5.41, 5.74) is -0.00972. The van der Waals surface area contributed by atoms with Crippen molar-refractivity contribution in [1.82, 2.24) is 5.32 Å². The Kier molecular flexibility index (Phi) is 4.17. The number of carbonyl (C=O) groups excluding carboxylic acids is 2. The SMILES string of the molecule is COC(=O)/C(=C/C(C)(C)C)NC=O. The summed E-state index contributed by atoms with van der Waals surface area (Å²) >= 11 is 0. The van der Waals surface area contributed by atoms with Crippen molar-refractivity contribution in [2.75, 3.05) is 7.11 Å². The number of ether oxygens (including phenoxy) is 1. The van der Waals surface area contributed by atoms with Gasteiger partial charge in [0.1, 0.15) is 5.70 Å². The highest BCUT2D eigenvalue weighted by molar-refractivity contribution is 5.90. The normalized spacial score (nSPS) is 12.2. The average Bonchev–Trinajstić information content (AvgIpc) is 2.00. The molecule has 0 saturated heterocycles. The van der Waals surface area contributed by atoms with Crippen LogP contribution in [0, 0.1) is 5.41 Å². The van der Waals surface area contributed by atoms with Crippen molar-refractivity contribution in [3.8, 4) is 0 Å². The molecule has 0 saturated carbocycles. The van der Waals surface area contributed by atoms with Crippen LogP contribution in [0.3, 0.4) is 0 Å². The lowest BCUT2D eigenvalue weighted by Crippen LogP contribution is -2.22. The molecule has 0 fully saturated rings. The second kappa shape index (κ2) is 4.64. The second-order valence-electron chi connectivity index (χ2n) is 3.68. The molecule has 0 spiro atoms. The predicted molar refractivity (Wildman–Crippen MR) is 48.8 cm³/mol. The molecule has 0 unspecified atom stereocenters. The van der Waals surface area contributed by atoms with Gasteiger partial charge < -0.3 is 10.1 Å². The fourth-order valence-electron chi connectivity index (χ4n) is 0.766. The number of carbonyl (C=O) groups is 2. The smallest absolute Gasteiger partial charge is 0.354 e. The average molecular weight is 185 g/mol. The topological polar surface area (TPSA) is 55.4 Å². The van der Waals surface area contributed by atoms with Crippen molar-refractivity contribution in [3.05, 3.63) is 11.8 Å². The molecule has 1 amide bonds. The molecule has 0 aromatic carbocycles. The van der Waals surface area contributed by atoms with Crippen molar-refractivity contribution in [3.63, 3.8) is 0 Å². The van der Waals surface area contributed by atoms with Gasteiger partial charge in [0.05, 0.1) is 7.11 Å². The van der Waals surface area contributed by atoms with Gasteiger partial charge in [0, 0.05) is 0 Å². The Hall–Kier alpha value is -1.32. The summed E-state index contributed by atoms with van der Waals surface area (Å²) in [6.45, 7) is 5.76. The van der Waals surface area contributed by atoms with Gasteiger partial charge in [-0.05, 0) is 11.5 Å². The highest BCUT2D eigenvalue weighted by Crippen LogP contribution is 2.16. The van der Waals surface area contributed by atoms with Crippen LogP contribution in [0.25, 0.3) is 0 Å². The van der Waals surface area contributed by atoms with Gasteiger partial charge in [0.15, 0.2) is 0 Å². The van der Waals surface area contributed by atoms with Gasteiger partial charge in [-0.2, -0.15) is 0 Å². The molecule has 1 N–H and O–H groups in total. The zero-order valence-corrected chi connectivity index (χ0v) is 8.38. The molecule has 0 rings (SSSR count). The number of esters is 1. The molecule has 0 bridgehead atoms. The maximum atomic E-state index is 11.1. The molecule has 0 aromatic heterocycles. The summed E-state index contributed by atoms with van der Waals surface area (Å²) in [4.78, 5) is 21.2. The number of methoxy groups -OCH3 is 1. The molecule has 4 heteroatoms. The van der Waals surface area contributed by atoms with Gasteiger partial charge >= 0.3 is 5.97 Å². The molecule has 0 heterocycles. The van der Waals surface area contributed by atoms with Crippen LogP contribution in [0.1, 0.15) is 20.8 Å². The maximum absolute atomic E-state index is 11.1. The molecular weight excluding hydrogens is 170 g/mol. The lowest BCUT2D eigenvalue weighted by Gasteiger charge is -2.14. The second-order valence-corrected chi connectivity index (χ2v) is 3.68. The maximum Gasteiger partial charge on any atom is 0.354 e. The Morgan fingerprint density at radius 1 is 1.38 bits per heavy atom. The zero-order chi connectivity index (χ0) is 10.5. The largest absolute Gasteiger partial charge is 0.464 e. The third kappa shape index (κ3) is 5.00. The molecule has 0 aliphatic heterocycles. The summed E-state index contributed by atoms with van der Waals surface area (Å²) in [6.07, 6.45) is 2.10. The minimum Gasteiger partial charge on any atom is -0.464 e. The highest BCUT2D eigenvalue weighted by atomic mass is 16.5. The van der Waals surface area contributed by atoms with E-state index in [1.807, 2.05) is 20.8 Å². The summed E-state index contributed by atoms with van der Waals surface area (Å²) in [5, 5.41) is 2.30. The molecule has 13 heavy (non-hydrogen) atoms. The van der Waals surface area contributed by atoms with Crippen LogP contribution in [-0.4, -0.2) is 19.5 Å². The Morgan fingerprint density at radius 3 is 2.23 bits per heavy atom. The van der Waals surface area contributed by atoms with Gasteiger partial charge in [0.2, 0.25) is 6.41 Å². The van der Waals surface area contributed by atoms with Crippen LogP contribution in [0.5, 0.6) is 0 Å². The Morgan fingerprint density at radius 2 is 1.92 bits per heavy atom. The molecule has 0 atom stereocenters. The molecule has 0 aliphatic carbocycles. The number of rotatable bonds is 3. The summed E-state index contributed by atoms with van der Waals surface area (Å²) in [5.74, 6) is -0.540. The van der Waals surface area contributed by atoms with Crippen LogP contribution in [0.15, 0.2) is 11.8 Å². The Bertz CT molecular complexity index is 226. The first-order valence-corrected chi connectivity index (χ1v) is 3.92. The minimum absolute atomic E-state index is 0.171. The zero-order valence-electron chi connectivity index (χ0n) is 8.38. The van der Waals surface area contributed by atoms with Gasteiger partial charge in [-0.3, -0.25) is 4.79 Å². The van der Waals surface area contributed by atoms with Crippen molar-refractivity contribution in [2.24, 2.45) is 5.41 Å². The van der Waals surface area contributed by atoms with Gasteiger partial charge in [-0.1, -0.05) is 20.8 Å². The van der Waals surface area contributed by atoms with Gasteiger partial charge in [-0.25, -0.2) is 4.79 Å². The lowest BCUT2D eigenvalue weighted by molar-refractivity contribution is -0.137. The number of hydrogen-bond acceptors (Lipinski definition) is 3. The van der Waals surface area contributed by atoms with E-state index in [1.54, 1.807) is 6.08 Å². The van der Waals surface area contributed by atoms with E-state index < -0.39 is 5.97 Å². The van der Waals surface area contributed by atoms with Crippen molar-refractivity contribution < 1.29 is 14.3 Å². The number of nitrogens with one attached hydrogen (secondary N) is 1. The Labute approximate surface area is 78.0 Å². The monoisotopic (exact) mass is 185 g/mol. The first-order chi connectivity index (χ1) is 5.90. The first kappa shape index (κ1) is 11.7. The third-order valence-corrected chi connectivity index (χ3v) is 1.20. The van der Waals surface area contributed by atoms with Crippen molar-refractivity contribution in [2.45, 2.75) is 20.8 Å². The quantitative estimate of drug-likeness (QED) is 0.402. The molecule has 4 nitrogen and oxygen atoms in total. The standard InChI is InChI=1S/C9H15NO3/c1-9(2,3)5-7(10-6-11)8(12)13-4/h5-6H,1-4H3,(H,10,11)/b7-5-. The van der Waals surface area contributed by atoms with Crippen molar-refractivity contribution >= 4 is 12.4 Å². The van der Waals surface area contributed by atoms with Crippen molar-refractivity contribution in [1.29, 1.82) is 0 Å². The first-order valence-electron chi connectivity index (χ1n) is 3.92. The molecular formula is C9H15NO3. The fraction of sp³-hybridized carbons (Fsp3) is 0.556. The van der Waals surface area contributed by atoms with Crippen LogP contribution < -0.4 is 5.32 Å². The molecule has 0 aliphatic rings. The Balaban J connectivity index is 4.69. The third-order valence-electron chi connectivity index (χ3n) is 1.20. The molecule has 74 valence electrons. The van der Waals surface area contributed by atoms with E-state index in [4.69, 9.17) is 0 Å². The van der Waals surface area contributed by atoms with E-state index >= 15 is 0 Å². The van der Waals surface area contributed by atoms with Crippen LogP contribution in [0.2, 0.25) is 0 Å². The number of amides is 1. The molecule has 0 aromatic rings. The number of allylic oxidation sites excluding steroid dienone is 1. The summed E-state index contributed by atoms with van der Waals surface area (Å²) < 4.78 is 4.48. The van der Waals surface area contributed by atoms with Gasteiger partial charge in [0.25, 0.3) is 0 Å². The van der Waals surface area contributed by atoms with E-state index in [0.29, 0.717) is 6.41 Å². The predicted octanol–water partition coefficient (Wildman–Crippen LogP) is 0.835.